The van der Waals surface area contributed by atoms with E-state index in [1.807, 2.05) is 35.2 Å². The predicted octanol–water partition coefficient (Wildman–Crippen LogP) is 3.82. The third kappa shape index (κ3) is 4.46. The van der Waals surface area contributed by atoms with E-state index in [1.54, 1.807) is 0 Å². The van der Waals surface area contributed by atoms with Crippen LogP contribution in [0.2, 0.25) is 0 Å². The summed E-state index contributed by atoms with van der Waals surface area (Å²) in [6, 6.07) is 10.1. The minimum Gasteiger partial charge on any atom is -0.342 e. The number of carbonyl (C=O) groups is 2. The summed E-state index contributed by atoms with van der Waals surface area (Å²) in [5.74, 6) is 0.594. The van der Waals surface area contributed by atoms with E-state index in [2.05, 4.69) is 11.8 Å². The van der Waals surface area contributed by atoms with Gasteiger partial charge in [-0.25, -0.2) is 0 Å². The fraction of sp³-hybridized carbons (Fsp3) is 0.636. The molecule has 1 aromatic carbocycles. The quantitative estimate of drug-likeness (QED) is 0.823. The van der Waals surface area contributed by atoms with Gasteiger partial charge in [0, 0.05) is 32.1 Å². The molecule has 26 heavy (non-hydrogen) atoms. The van der Waals surface area contributed by atoms with Gasteiger partial charge in [-0.2, -0.15) is 0 Å². The van der Waals surface area contributed by atoms with Crippen molar-refractivity contribution < 1.29 is 9.59 Å². The monoisotopic (exact) mass is 356 g/mol. The second-order valence-electron chi connectivity index (χ2n) is 7.71. The summed E-state index contributed by atoms with van der Waals surface area (Å²) in [5, 5.41) is 0. The van der Waals surface area contributed by atoms with Crippen LogP contribution in [0.25, 0.3) is 0 Å². The minimum absolute atomic E-state index is 0.0611. The van der Waals surface area contributed by atoms with Gasteiger partial charge in [0.05, 0.1) is 5.92 Å². The molecule has 2 saturated heterocycles. The molecular weight excluding hydrogens is 324 g/mol. The number of benzene rings is 1. The number of piperidine rings is 1. The molecule has 0 bridgehead atoms. The SMILES string of the molecule is CCC(C(=O)N1CCC(C(=O)N2CCCCCC2)CC1)c1ccccc1. The first-order valence-corrected chi connectivity index (χ1v) is 10.3. The molecule has 2 aliphatic heterocycles. The molecule has 4 nitrogen and oxygen atoms in total. The molecule has 1 unspecified atom stereocenters. The molecule has 0 aromatic heterocycles. The molecule has 1 aromatic rings. The Bertz CT molecular complexity index is 585. The smallest absolute Gasteiger partial charge is 0.230 e. The third-order valence-corrected chi connectivity index (χ3v) is 5.98. The summed E-state index contributed by atoms with van der Waals surface area (Å²) < 4.78 is 0. The van der Waals surface area contributed by atoms with Crippen LogP contribution in [0.3, 0.4) is 0 Å². The van der Waals surface area contributed by atoms with E-state index in [0.29, 0.717) is 19.0 Å². The van der Waals surface area contributed by atoms with Crippen molar-refractivity contribution in [2.45, 2.75) is 57.8 Å². The van der Waals surface area contributed by atoms with E-state index in [9.17, 15) is 9.59 Å². The van der Waals surface area contributed by atoms with Crippen molar-refractivity contribution in [3.8, 4) is 0 Å². The molecule has 0 aliphatic carbocycles. The molecule has 2 heterocycles. The Hall–Kier alpha value is -1.84. The average molecular weight is 357 g/mol. The van der Waals surface area contributed by atoms with Crippen molar-refractivity contribution in [2.24, 2.45) is 5.92 Å². The lowest BCUT2D eigenvalue weighted by Gasteiger charge is -2.35. The molecule has 0 spiro atoms. The van der Waals surface area contributed by atoms with E-state index in [1.165, 1.54) is 12.8 Å². The fourth-order valence-corrected chi connectivity index (χ4v) is 4.35. The van der Waals surface area contributed by atoms with E-state index in [4.69, 9.17) is 0 Å². The van der Waals surface area contributed by atoms with Gasteiger partial charge in [-0.05, 0) is 37.7 Å². The van der Waals surface area contributed by atoms with E-state index < -0.39 is 0 Å². The maximum atomic E-state index is 13.0. The van der Waals surface area contributed by atoms with Crippen LogP contribution in [0.5, 0.6) is 0 Å². The van der Waals surface area contributed by atoms with Crippen LogP contribution in [-0.2, 0) is 9.59 Å². The zero-order valence-corrected chi connectivity index (χ0v) is 16.0. The number of rotatable bonds is 4. The van der Waals surface area contributed by atoms with Crippen molar-refractivity contribution >= 4 is 11.8 Å². The first-order valence-electron chi connectivity index (χ1n) is 10.3. The zero-order valence-electron chi connectivity index (χ0n) is 16.0. The maximum Gasteiger partial charge on any atom is 0.230 e. The summed E-state index contributed by atoms with van der Waals surface area (Å²) >= 11 is 0. The Kier molecular flexibility index (Phi) is 6.70. The van der Waals surface area contributed by atoms with Gasteiger partial charge in [0.15, 0.2) is 0 Å². The number of nitrogens with zero attached hydrogens (tertiary/aromatic N) is 2. The second kappa shape index (κ2) is 9.20. The van der Waals surface area contributed by atoms with Gasteiger partial charge < -0.3 is 9.80 Å². The number of likely N-dealkylation sites (tertiary alicyclic amines) is 2. The summed E-state index contributed by atoms with van der Waals surface area (Å²) in [6.45, 7) is 5.35. The molecule has 142 valence electrons. The molecule has 2 aliphatic rings. The van der Waals surface area contributed by atoms with Gasteiger partial charge in [0.25, 0.3) is 0 Å². The molecule has 2 amide bonds. The van der Waals surface area contributed by atoms with Gasteiger partial charge in [-0.3, -0.25) is 9.59 Å². The van der Waals surface area contributed by atoms with Crippen LogP contribution in [-0.4, -0.2) is 47.8 Å². The highest BCUT2D eigenvalue weighted by Crippen LogP contribution is 2.27. The second-order valence-corrected chi connectivity index (χ2v) is 7.71. The Morgan fingerprint density at radius 2 is 1.54 bits per heavy atom. The van der Waals surface area contributed by atoms with Crippen molar-refractivity contribution in [1.82, 2.24) is 9.80 Å². The molecular formula is C22H32N2O2. The Morgan fingerprint density at radius 3 is 2.12 bits per heavy atom. The van der Waals surface area contributed by atoms with Crippen LogP contribution in [0.4, 0.5) is 0 Å². The standard InChI is InChI=1S/C22H32N2O2/c1-2-20(18-10-6-5-7-11-18)22(26)24-16-12-19(13-17-24)21(25)23-14-8-3-4-9-15-23/h5-7,10-11,19-20H,2-4,8-9,12-17H2,1H3. The van der Waals surface area contributed by atoms with Crippen LogP contribution in [0.15, 0.2) is 30.3 Å². The highest BCUT2D eigenvalue weighted by molar-refractivity contribution is 5.84. The van der Waals surface area contributed by atoms with Gasteiger partial charge >= 0.3 is 0 Å². The normalized spacial score (nSPS) is 20.5. The predicted molar refractivity (Wildman–Crippen MR) is 104 cm³/mol. The van der Waals surface area contributed by atoms with E-state index >= 15 is 0 Å². The van der Waals surface area contributed by atoms with Crippen molar-refractivity contribution in [2.75, 3.05) is 26.2 Å². The topological polar surface area (TPSA) is 40.6 Å². The summed E-state index contributed by atoms with van der Waals surface area (Å²) in [5.41, 5.74) is 1.10. The van der Waals surface area contributed by atoms with Gasteiger partial charge in [-0.15, -0.1) is 0 Å². The molecule has 2 fully saturated rings. The summed E-state index contributed by atoms with van der Waals surface area (Å²) in [7, 11) is 0. The molecule has 3 rings (SSSR count). The molecule has 4 heteroatoms. The van der Waals surface area contributed by atoms with Crippen molar-refractivity contribution in [3.05, 3.63) is 35.9 Å². The molecule has 0 saturated carbocycles. The lowest BCUT2D eigenvalue weighted by Crippen LogP contribution is -2.45. The van der Waals surface area contributed by atoms with Crippen LogP contribution >= 0.6 is 0 Å². The molecule has 0 radical (unpaired) electrons. The summed E-state index contributed by atoms with van der Waals surface area (Å²) in [6.07, 6.45) is 7.20. The lowest BCUT2D eigenvalue weighted by molar-refractivity contribution is -0.141. The van der Waals surface area contributed by atoms with Gasteiger partial charge in [0.1, 0.15) is 0 Å². The van der Waals surface area contributed by atoms with Crippen LogP contribution in [0.1, 0.15) is 63.4 Å². The fourth-order valence-electron chi connectivity index (χ4n) is 4.35. The Morgan fingerprint density at radius 1 is 0.923 bits per heavy atom. The van der Waals surface area contributed by atoms with Gasteiger partial charge in [0.2, 0.25) is 11.8 Å². The maximum absolute atomic E-state index is 13.0. The Labute approximate surface area is 157 Å². The summed E-state index contributed by atoms with van der Waals surface area (Å²) in [4.78, 5) is 29.9. The van der Waals surface area contributed by atoms with Crippen molar-refractivity contribution in [3.63, 3.8) is 0 Å². The van der Waals surface area contributed by atoms with E-state index in [-0.39, 0.29) is 17.7 Å². The third-order valence-electron chi connectivity index (χ3n) is 5.98. The first-order chi connectivity index (χ1) is 12.7. The van der Waals surface area contributed by atoms with Gasteiger partial charge in [-0.1, -0.05) is 50.1 Å². The number of carbonyl (C=O) groups excluding carboxylic acids is 2. The first kappa shape index (κ1) is 18.9. The zero-order chi connectivity index (χ0) is 18.4. The molecule has 0 N–H and O–H groups in total. The number of hydrogen-bond acceptors (Lipinski definition) is 2. The number of amides is 2. The lowest BCUT2D eigenvalue weighted by atomic mass is 9.91. The minimum atomic E-state index is -0.0611. The Balaban J connectivity index is 1.55. The van der Waals surface area contributed by atoms with Crippen molar-refractivity contribution in [1.29, 1.82) is 0 Å². The average Bonchev–Trinajstić information content (AvgIpc) is 2.98. The van der Waals surface area contributed by atoms with Crippen LogP contribution in [0, 0.1) is 5.92 Å². The van der Waals surface area contributed by atoms with Crippen LogP contribution < -0.4 is 0 Å². The molecule has 1 atom stereocenters. The van der Waals surface area contributed by atoms with E-state index in [0.717, 1.165) is 50.8 Å². The number of hydrogen-bond donors (Lipinski definition) is 0. The highest BCUT2D eigenvalue weighted by Gasteiger charge is 2.32. The highest BCUT2D eigenvalue weighted by atomic mass is 16.2. The largest absolute Gasteiger partial charge is 0.342 e.